The lowest BCUT2D eigenvalue weighted by atomic mass is 9.79. The molecule has 0 fully saturated rings. The van der Waals surface area contributed by atoms with Gasteiger partial charge in [-0.3, -0.25) is 0 Å². The fraction of sp³-hybridized carbons (Fsp3) is 0.217. The summed E-state index contributed by atoms with van der Waals surface area (Å²) < 4.78 is 0. The highest BCUT2D eigenvalue weighted by molar-refractivity contribution is 5.76. The standard InChI is InChI=1S/C20H20.C2H6.CH4/c1-4-11-19(5-2)20(3)15-10-9-14-18(16-20)17-12-7-6-8-13-17;1-2;/h4-16H,1-2H2,3H3;1-2H3;1H4/b19-11+;;. The quantitative estimate of drug-likeness (QED) is 0.517. The van der Waals surface area contributed by atoms with Gasteiger partial charge < -0.3 is 0 Å². The Morgan fingerprint density at radius 2 is 1.70 bits per heavy atom. The van der Waals surface area contributed by atoms with Gasteiger partial charge in [-0.2, -0.15) is 0 Å². The molecule has 122 valence electrons. The largest absolute Gasteiger partial charge is 0.0991 e. The number of benzene rings is 1. The highest BCUT2D eigenvalue weighted by Gasteiger charge is 2.22. The summed E-state index contributed by atoms with van der Waals surface area (Å²) in [7, 11) is 0. The summed E-state index contributed by atoms with van der Waals surface area (Å²) in [5, 5.41) is 0. The fourth-order valence-electron chi connectivity index (χ4n) is 2.42. The smallest absolute Gasteiger partial charge is 0.0295 e. The zero-order chi connectivity index (χ0) is 16.4. The van der Waals surface area contributed by atoms with E-state index in [0.29, 0.717) is 0 Å². The molecular weight excluding hydrogens is 276 g/mol. The van der Waals surface area contributed by atoms with Crippen molar-refractivity contribution in [2.45, 2.75) is 28.2 Å². The third kappa shape index (κ3) is 5.41. The number of hydrogen-bond donors (Lipinski definition) is 0. The van der Waals surface area contributed by atoms with E-state index in [2.05, 4.69) is 74.7 Å². The molecule has 0 amide bonds. The van der Waals surface area contributed by atoms with Crippen LogP contribution in [0, 0.1) is 5.41 Å². The minimum atomic E-state index is -0.176. The molecule has 2 rings (SSSR count). The van der Waals surface area contributed by atoms with Gasteiger partial charge in [0.2, 0.25) is 0 Å². The summed E-state index contributed by atoms with van der Waals surface area (Å²) in [5.41, 5.74) is 3.40. The van der Waals surface area contributed by atoms with Gasteiger partial charge in [0, 0.05) is 5.41 Å². The number of hydrogen-bond acceptors (Lipinski definition) is 0. The first-order valence-electron chi connectivity index (χ1n) is 7.79. The van der Waals surface area contributed by atoms with Crippen LogP contribution in [0.4, 0.5) is 0 Å². The molecule has 1 aromatic carbocycles. The number of allylic oxidation sites excluding steroid dienone is 10. The third-order valence-corrected chi connectivity index (χ3v) is 3.53. The predicted molar refractivity (Wildman–Crippen MR) is 107 cm³/mol. The Morgan fingerprint density at radius 1 is 1.04 bits per heavy atom. The molecule has 0 saturated carbocycles. The normalized spacial score (nSPS) is 19.4. The maximum absolute atomic E-state index is 3.93. The molecule has 1 atom stereocenters. The second kappa shape index (κ2) is 10.4. The Morgan fingerprint density at radius 3 is 2.26 bits per heavy atom. The Kier molecular flexibility index (Phi) is 9.34. The van der Waals surface area contributed by atoms with Crippen LogP contribution in [-0.2, 0) is 0 Å². The molecule has 1 aliphatic carbocycles. The van der Waals surface area contributed by atoms with Gasteiger partial charge in [0.15, 0.2) is 0 Å². The Hall–Kier alpha value is -2.34. The summed E-state index contributed by atoms with van der Waals surface area (Å²) in [6.45, 7) is 13.9. The number of rotatable bonds is 4. The molecule has 1 aromatic rings. The summed E-state index contributed by atoms with van der Waals surface area (Å²) in [6, 6.07) is 10.4. The molecule has 0 heteroatoms. The van der Waals surface area contributed by atoms with Crippen molar-refractivity contribution in [2.24, 2.45) is 5.41 Å². The average molecular weight is 306 g/mol. The van der Waals surface area contributed by atoms with E-state index >= 15 is 0 Å². The van der Waals surface area contributed by atoms with E-state index in [1.807, 2.05) is 38.1 Å². The van der Waals surface area contributed by atoms with Crippen molar-refractivity contribution in [1.82, 2.24) is 0 Å². The molecular formula is C23H30. The van der Waals surface area contributed by atoms with Crippen LogP contribution in [0.5, 0.6) is 0 Å². The molecule has 0 nitrogen and oxygen atoms in total. The molecule has 0 saturated heterocycles. The molecule has 0 N–H and O–H groups in total. The van der Waals surface area contributed by atoms with E-state index in [-0.39, 0.29) is 12.8 Å². The molecule has 23 heavy (non-hydrogen) atoms. The van der Waals surface area contributed by atoms with E-state index in [4.69, 9.17) is 0 Å². The van der Waals surface area contributed by atoms with Crippen molar-refractivity contribution in [1.29, 1.82) is 0 Å². The Balaban J connectivity index is 0.00000155. The molecule has 0 radical (unpaired) electrons. The highest BCUT2D eigenvalue weighted by atomic mass is 14.3. The summed E-state index contributed by atoms with van der Waals surface area (Å²) >= 11 is 0. The summed E-state index contributed by atoms with van der Waals surface area (Å²) in [5.74, 6) is 0. The van der Waals surface area contributed by atoms with Gasteiger partial charge in [0.1, 0.15) is 0 Å². The van der Waals surface area contributed by atoms with Crippen molar-refractivity contribution in [3.8, 4) is 0 Å². The Labute approximate surface area is 143 Å². The minimum Gasteiger partial charge on any atom is -0.0991 e. The van der Waals surface area contributed by atoms with E-state index < -0.39 is 0 Å². The topological polar surface area (TPSA) is 0 Å². The fourth-order valence-corrected chi connectivity index (χ4v) is 2.42. The Bertz CT molecular complexity index is 609. The van der Waals surface area contributed by atoms with Crippen LogP contribution in [0.1, 0.15) is 33.8 Å². The van der Waals surface area contributed by atoms with Crippen LogP contribution >= 0.6 is 0 Å². The van der Waals surface area contributed by atoms with Gasteiger partial charge in [-0.05, 0) is 23.6 Å². The lowest BCUT2D eigenvalue weighted by Gasteiger charge is -2.24. The van der Waals surface area contributed by atoms with Crippen LogP contribution in [0.3, 0.4) is 0 Å². The molecule has 0 bridgehead atoms. The first-order valence-corrected chi connectivity index (χ1v) is 7.79. The van der Waals surface area contributed by atoms with Gasteiger partial charge in [0.25, 0.3) is 0 Å². The van der Waals surface area contributed by atoms with Gasteiger partial charge in [-0.1, -0.05) is 113 Å². The lowest BCUT2D eigenvalue weighted by Crippen LogP contribution is -2.12. The maximum Gasteiger partial charge on any atom is 0.0295 e. The summed E-state index contributed by atoms with van der Waals surface area (Å²) in [6.07, 6.45) is 16.5. The average Bonchev–Trinajstić information content (AvgIpc) is 2.78. The van der Waals surface area contributed by atoms with Crippen molar-refractivity contribution >= 4 is 5.57 Å². The van der Waals surface area contributed by atoms with Crippen molar-refractivity contribution in [3.05, 3.63) is 103 Å². The first kappa shape index (κ1) is 20.7. The van der Waals surface area contributed by atoms with Gasteiger partial charge in [-0.25, -0.2) is 0 Å². The molecule has 0 spiro atoms. The van der Waals surface area contributed by atoms with Gasteiger partial charge >= 0.3 is 0 Å². The SMILES string of the molecule is C.C=C/C=C(\C=C)C1(C)C=CC=CC(c2ccccc2)=C1.CC. The predicted octanol–water partition coefficient (Wildman–Crippen LogP) is 7.16. The summed E-state index contributed by atoms with van der Waals surface area (Å²) in [4.78, 5) is 0. The van der Waals surface area contributed by atoms with Crippen LogP contribution in [0.25, 0.3) is 5.57 Å². The second-order valence-corrected chi connectivity index (χ2v) is 5.03. The monoisotopic (exact) mass is 306 g/mol. The first-order chi connectivity index (χ1) is 10.7. The van der Waals surface area contributed by atoms with Crippen LogP contribution < -0.4 is 0 Å². The van der Waals surface area contributed by atoms with Crippen LogP contribution in [0.2, 0.25) is 0 Å². The van der Waals surface area contributed by atoms with Crippen molar-refractivity contribution in [2.75, 3.05) is 0 Å². The highest BCUT2D eigenvalue weighted by Crippen LogP contribution is 2.36. The molecule has 1 aliphatic rings. The van der Waals surface area contributed by atoms with E-state index in [1.165, 1.54) is 11.1 Å². The van der Waals surface area contributed by atoms with Gasteiger partial charge in [0.05, 0.1) is 0 Å². The molecule has 0 aromatic heterocycles. The second-order valence-electron chi connectivity index (χ2n) is 5.03. The molecule has 0 heterocycles. The zero-order valence-corrected chi connectivity index (χ0v) is 13.9. The van der Waals surface area contributed by atoms with E-state index in [1.54, 1.807) is 0 Å². The molecule has 0 aliphatic heterocycles. The van der Waals surface area contributed by atoms with Crippen molar-refractivity contribution in [3.63, 3.8) is 0 Å². The third-order valence-electron chi connectivity index (χ3n) is 3.53. The minimum absolute atomic E-state index is 0. The van der Waals surface area contributed by atoms with Crippen LogP contribution in [0.15, 0.2) is 97.7 Å². The zero-order valence-electron chi connectivity index (χ0n) is 13.9. The van der Waals surface area contributed by atoms with Crippen molar-refractivity contribution < 1.29 is 0 Å². The van der Waals surface area contributed by atoms with E-state index in [9.17, 15) is 0 Å². The van der Waals surface area contributed by atoms with E-state index in [0.717, 1.165) is 5.57 Å². The maximum atomic E-state index is 3.93. The van der Waals surface area contributed by atoms with Gasteiger partial charge in [-0.15, -0.1) is 0 Å². The lowest BCUT2D eigenvalue weighted by molar-refractivity contribution is 0.684. The molecule has 1 unspecified atom stereocenters. The van der Waals surface area contributed by atoms with Crippen LogP contribution in [-0.4, -0.2) is 0 Å².